The molecule has 0 saturated carbocycles. The van der Waals surface area contributed by atoms with Crippen molar-refractivity contribution in [2.75, 3.05) is 5.88 Å². The summed E-state index contributed by atoms with van der Waals surface area (Å²) in [6, 6.07) is 0. The Balaban J connectivity index is 2.18. The van der Waals surface area contributed by atoms with Gasteiger partial charge in [-0.25, -0.2) is 0 Å². The van der Waals surface area contributed by atoms with Crippen LogP contribution in [0.25, 0.3) is 0 Å². The van der Waals surface area contributed by atoms with Crippen LogP contribution >= 0.6 is 11.8 Å². The van der Waals surface area contributed by atoms with Crippen molar-refractivity contribution in [3.05, 3.63) is 6.54 Å². The minimum Gasteiger partial charge on any atom is -0.302 e. The van der Waals surface area contributed by atoms with Crippen molar-refractivity contribution >= 4 is 11.8 Å². The Kier molecular flexibility index (Phi) is 1.37. The molecule has 1 unspecified atom stereocenters. The maximum absolute atomic E-state index is 3.11. The van der Waals surface area contributed by atoms with Crippen molar-refractivity contribution in [3.63, 3.8) is 0 Å². The third kappa shape index (κ3) is 0.884. The smallest absolute Gasteiger partial charge is 0.0424 e. The van der Waals surface area contributed by atoms with E-state index in [0.717, 1.165) is 11.1 Å². The maximum Gasteiger partial charge on any atom is 0.0424 e. The summed E-state index contributed by atoms with van der Waals surface area (Å²) in [7, 11) is 0. The summed E-state index contributed by atoms with van der Waals surface area (Å²) in [6.45, 7) is 4.30. The molecule has 1 atom stereocenters. The molecule has 1 fully saturated rings. The molecule has 1 heterocycles. The molecule has 2 heteroatoms. The van der Waals surface area contributed by atoms with Crippen molar-refractivity contribution in [2.45, 2.75) is 12.2 Å². The summed E-state index contributed by atoms with van der Waals surface area (Å²) in [5, 5.41) is 3.84. The van der Waals surface area contributed by atoms with Crippen LogP contribution in [-0.2, 0) is 0 Å². The van der Waals surface area contributed by atoms with Crippen LogP contribution in [0, 0.1) is 6.54 Å². The predicted molar refractivity (Wildman–Crippen MR) is 29.4 cm³/mol. The summed E-state index contributed by atoms with van der Waals surface area (Å²) < 4.78 is 0. The van der Waals surface area contributed by atoms with Gasteiger partial charge in [0.15, 0.2) is 0 Å². The molecule has 0 aromatic heterocycles. The van der Waals surface area contributed by atoms with Gasteiger partial charge in [-0.2, -0.15) is 0 Å². The SMILES string of the molecule is CC1[CH]NCS1. The quantitative estimate of drug-likeness (QED) is 0.486. The topological polar surface area (TPSA) is 12.0 Å². The highest BCUT2D eigenvalue weighted by atomic mass is 32.2. The van der Waals surface area contributed by atoms with Crippen molar-refractivity contribution < 1.29 is 0 Å². The fraction of sp³-hybridized carbons (Fsp3) is 0.750. The lowest BCUT2D eigenvalue weighted by molar-refractivity contribution is 0.934. The molecule has 0 aromatic rings. The van der Waals surface area contributed by atoms with Gasteiger partial charge in [0.05, 0.1) is 0 Å². The third-order valence-corrected chi connectivity index (χ3v) is 1.78. The molecule has 0 aliphatic carbocycles. The third-order valence-electron chi connectivity index (χ3n) is 0.782. The van der Waals surface area contributed by atoms with Gasteiger partial charge in [-0.15, -0.1) is 11.8 Å². The molecule has 0 aromatic carbocycles. The first-order valence-corrected chi connectivity index (χ1v) is 3.13. The molecule has 0 bridgehead atoms. The molecule has 1 N–H and O–H groups in total. The molecule has 1 rings (SSSR count). The average molecular weight is 102 g/mol. The number of hydrogen-bond acceptors (Lipinski definition) is 2. The fourth-order valence-electron chi connectivity index (χ4n) is 0.442. The largest absolute Gasteiger partial charge is 0.302 e. The van der Waals surface area contributed by atoms with Gasteiger partial charge in [-0.1, -0.05) is 6.92 Å². The summed E-state index contributed by atoms with van der Waals surface area (Å²) in [6.07, 6.45) is 0. The highest BCUT2D eigenvalue weighted by Gasteiger charge is 2.07. The zero-order valence-electron chi connectivity index (χ0n) is 3.77. The van der Waals surface area contributed by atoms with E-state index in [9.17, 15) is 0 Å². The van der Waals surface area contributed by atoms with Gasteiger partial charge in [0.25, 0.3) is 0 Å². The first-order valence-electron chi connectivity index (χ1n) is 2.08. The first kappa shape index (κ1) is 4.47. The second-order valence-electron chi connectivity index (χ2n) is 1.39. The molecular weight excluding hydrogens is 94.1 g/mol. The van der Waals surface area contributed by atoms with E-state index in [1.807, 2.05) is 11.8 Å². The Morgan fingerprint density at radius 3 is 3.00 bits per heavy atom. The van der Waals surface area contributed by atoms with Crippen LogP contribution < -0.4 is 5.32 Å². The van der Waals surface area contributed by atoms with E-state index in [1.165, 1.54) is 0 Å². The highest BCUT2D eigenvalue weighted by Crippen LogP contribution is 2.15. The molecule has 1 aliphatic rings. The van der Waals surface area contributed by atoms with Crippen LogP contribution in [0.5, 0.6) is 0 Å². The minimum absolute atomic E-state index is 0.727. The van der Waals surface area contributed by atoms with Crippen LogP contribution in [0.2, 0.25) is 0 Å². The van der Waals surface area contributed by atoms with Crippen LogP contribution in [0.15, 0.2) is 0 Å². The van der Waals surface area contributed by atoms with E-state index in [2.05, 4.69) is 18.8 Å². The highest BCUT2D eigenvalue weighted by molar-refractivity contribution is 8.00. The van der Waals surface area contributed by atoms with Gasteiger partial charge >= 0.3 is 0 Å². The zero-order chi connectivity index (χ0) is 4.41. The van der Waals surface area contributed by atoms with Gasteiger partial charge in [0.1, 0.15) is 0 Å². The monoisotopic (exact) mass is 102 g/mol. The normalized spacial score (nSPS) is 34.5. The second-order valence-corrected chi connectivity index (χ2v) is 2.75. The summed E-state index contributed by atoms with van der Waals surface area (Å²) >= 11 is 1.93. The fourth-order valence-corrected chi connectivity index (χ4v) is 1.09. The zero-order valence-corrected chi connectivity index (χ0v) is 4.59. The summed E-state index contributed by atoms with van der Waals surface area (Å²) in [5.41, 5.74) is 0. The van der Waals surface area contributed by atoms with Crippen molar-refractivity contribution in [1.29, 1.82) is 0 Å². The molecule has 1 nitrogen and oxygen atoms in total. The van der Waals surface area contributed by atoms with Crippen molar-refractivity contribution in [2.24, 2.45) is 0 Å². The standard InChI is InChI=1S/C4H8NS/c1-4-2-5-3-6-4/h2,4-5H,3H2,1H3. The summed E-state index contributed by atoms with van der Waals surface area (Å²) in [4.78, 5) is 0. The van der Waals surface area contributed by atoms with Gasteiger partial charge in [0, 0.05) is 17.7 Å². The first-order chi connectivity index (χ1) is 2.89. The van der Waals surface area contributed by atoms with Crippen molar-refractivity contribution in [1.82, 2.24) is 5.32 Å². The Hall–Kier alpha value is 0.310. The molecule has 1 aliphatic heterocycles. The van der Waals surface area contributed by atoms with Crippen LogP contribution in [0.3, 0.4) is 0 Å². The number of hydrogen-bond donors (Lipinski definition) is 1. The molecule has 0 amide bonds. The number of rotatable bonds is 0. The van der Waals surface area contributed by atoms with E-state index in [0.29, 0.717) is 0 Å². The molecule has 6 heavy (non-hydrogen) atoms. The Morgan fingerprint density at radius 2 is 2.83 bits per heavy atom. The van der Waals surface area contributed by atoms with Gasteiger partial charge < -0.3 is 5.32 Å². The van der Waals surface area contributed by atoms with Gasteiger partial charge in [0.2, 0.25) is 0 Å². The molecule has 1 saturated heterocycles. The molecular formula is C4H8NS. The van der Waals surface area contributed by atoms with E-state index in [4.69, 9.17) is 0 Å². The van der Waals surface area contributed by atoms with Crippen LogP contribution in [-0.4, -0.2) is 11.1 Å². The molecule has 1 radical (unpaired) electrons. The van der Waals surface area contributed by atoms with E-state index < -0.39 is 0 Å². The summed E-state index contributed by atoms with van der Waals surface area (Å²) in [5.74, 6) is 1.10. The lowest BCUT2D eigenvalue weighted by Gasteiger charge is -1.89. The number of nitrogens with one attached hydrogen (secondary N) is 1. The molecule has 35 valence electrons. The lowest BCUT2D eigenvalue weighted by Crippen LogP contribution is -2.01. The van der Waals surface area contributed by atoms with E-state index >= 15 is 0 Å². The Labute approximate surface area is 42.5 Å². The van der Waals surface area contributed by atoms with Crippen molar-refractivity contribution in [3.8, 4) is 0 Å². The Morgan fingerprint density at radius 1 is 2.00 bits per heavy atom. The van der Waals surface area contributed by atoms with E-state index in [-0.39, 0.29) is 0 Å². The lowest BCUT2D eigenvalue weighted by atomic mass is 10.5. The molecule has 0 spiro atoms. The Bertz CT molecular complexity index is 40.8. The second kappa shape index (κ2) is 1.85. The predicted octanol–water partition coefficient (Wildman–Crippen LogP) is 0.831. The minimum atomic E-state index is 0.727. The van der Waals surface area contributed by atoms with E-state index in [1.54, 1.807) is 0 Å². The van der Waals surface area contributed by atoms with Gasteiger partial charge in [-0.3, -0.25) is 0 Å². The van der Waals surface area contributed by atoms with Crippen LogP contribution in [0.4, 0.5) is 0 Å². The number of thioether (sulfide) groups is 1. The van der Waals surface area contributed by atoms with Crippen LogP contribution in [0.1, 0.15) is 6.92 Å². The average Bonchev–Trinajstić information content (AvgIpc) is 1.86. The maximum atomic E-state index is 3.11. The van der Waals surface area contributed by atoms with Gasteiger partial charge in [-0.05, 0) is 0 Å².